The molecule has 0 N–H and O–H groups in total. The lowest BCUT2D eigenvalue weighted by molar-refractivity contribution is 0.0745. The number of carbonyl (C=O) groups excluding carboxylic acids is 1. The van der Waals surface area contributed by atoms with Gasteiger partial charge in [0.1, 0.15) is 17.6 Å². The number of carbonyl (C=O) groups is 1. The Kier molecular flexibility index (Phi) is 4.38. The molecule has 6 nitrogen and oxygen atoms in total. The van der Waals surface area contributed by atoms with Crippen molar-refractivity contribution in [1.82, 2.24) is 14.9 Å². The third kappa shape index (κ3) is 3.33. The zero-order valence-electron chi connectivity index (χ0n) is 13.2. The maximum atomic E-state index is 13.3. The third-order valence-corrected chi connectivity index (χ3v) is 3.88. The van der Waals surface area contributed by atoms with E-state index in [4.69, 9.17) is 5.26 Å². The second-order valence-electron chi connectivity index (χ2n) is 5.60. The largest absolute Gasteiger partial charge is 0.337 e. The Morgan fingerprint density at radius 1 is 1.21 bits per heavy atom. The molecular formula is C17H16FN5O. The van der Waals surface area contributed by atoms with E-state index in [2.05, 4.69) is 9.97 Å². The zero-order chi connectivity index (χ0) is 17.1. The van der Waals surface area contributed by atoms with Crippen LogP contribution in [0.3, 0.4) is 0 Å². The van der Waals surface area contributed by atoms with Crippen LogP contribution in [-0.2, 0) is 0 Å². The molecule has 7 heteroatoms. The SMILES string of the molecule is Cc1cc(C#N)nc(N2CCN(C(=O)c3cccc(F)c3)CC2)n1. The van der Waals surface area contributed by atoms with Gasteiger partial charge in [-0.3, -0.25) is 4.79 Å². The van der Waals surface area contributed by atoms with Crippen LogP contribution >= 0.6 is 0 Å². The lowest BCUT2D eigenvalue weighted by atomic mass is 10.2. The van der Waals surface area contributed by atoms with Crippen molar-refractivity contribution < 1.29 is 9.18 Å². The van der Waals surface area contributed by atoms with Crippen molar-refractivity contribution >= 4 is 11.9 Å². The summed E-state index contributed by atoms with van der Waals surface area (Å²) in [6.07, 6.45) is 0. The maximum absolute atomic E-state index is 13.3. The van der Waals surface area contributed by atoms with Gasteiger partial charge < -0.3 is 9.80 Å². The Labute approximate surface area is 139 Å². The minimum Gasteiger partial charge on any atom is -0.337 e. The first-order valence-corrected chi connectivity index (χ1v) is 7.62. The van der Waals surface area contributed by atoms with Gasteiger partial charge in [0, 0.05) is 37.4 Å². The average molecular weight is 325 g/mol. The van der Waals surface area contributed by atoms with Crippen LogP contribution in [0.25, 0.3) is 0 Å². The summed E-state index contributed by atoms with van der Waals surface area (Å²) in [4.78, 5) is 24.6. The van der Waals surface area contributed by atoms with E-state index in [1.165, 1.54) is 18.2 Å². The maximum Gasteiger partial charge on any atom is 0.254 e. The third-order valence-electron chi connectivity index (χ3n) is 3.88. The van der Waals surface area contributed by atoms with Crippen LogP contribution in [0.15, 0.2) is 30.3 Å². The summed E-state index contributed by atoms with van der Waals surface area (Å²) in [5.74, 6) is -0.0990. The normalized spacial score (nSPS) is 14.4. The minimum atomic E-state index is -0.420. The molecule has 122 valence electrons. The van der Waals surface area contributed by atoms with E-state index < -0.39 is 5.82 Å². The molecular weight excluding hydrogens is 309 g/mol. The van der Waals surface area contributed by atoms with Crippen molar-refractivity contribution in [3.05, 3.63) is 53.1 Å². The van der Waals surface area contributed by atoms with Gasteiger partial charge in [-0.25, -0.2) is 14.4 Å². The van der Waals surface area contributed by atoms with Crippen molar-refractivity contribution in [2.75, 3.05) is 31.1 Å². The quantitative estimate of drug-likeness (QED) is 0.841. The molecule has 0 aliphatic carbocycles. The smallest absolute Gasteiger partial charge is 0.254 e. The highest BCUT2D eigenvalue weighted by atomic mass is 19.1. The summed E-state index contributed by atoms with van der Waals surface area (Å²) < 4.78 is 13.3. The van der Waals surface area contributed by atoms with Gasteiger partial charge in [-0.2, -0.15) is 5.26 Å². The Bertz CT molecular complexity index is 809. The van der Waals surface area contributed by atoms with Crippen molar-refractivity contribution in [3.8, 4) is 6.07 Å². The van der Waals surface area contributed by atoms with E-state index in [-0.39, 0.29) is 5.91 Å². The number of anilines is 1. The summed E-state index contributed by atoms with van der Waals surface area (Å²) >= 11 is 0. The second kappa shape index (κ2) is 6.62. The van der Waals surface area contributed by atoms with Gasteiger partial charge in [-0.05, 0) is 31.2 Å². The predicted molar refractivity (Wildman–Crippen MR) is 86.0 cm³/mol. The van der Waals surface area contributed by atoms with Crippen LogP contribution in [0, 0.1) is 24.1 Å². The van der Waals surface area contributed by atoms with Crippen LogP contribution in [-0.4, -0.2) is 47.0 Å². The standard InChI is InChI=1S/C17H16FN5O/c1-12-9-15(11-19)21-17(20-12)23-7-5-22(6-8-23)16(24)13-3-2-4-14(18)10-13/h2-4,9-10H,5-8H2,1H3. The van der Waals surface area contributed by atoms with Crippen molar-refractivity contribution in [2.45, 2.75) is 6.92 Å². The number of nitrogens with zero attached hydrogens (tertiary/aromatic N) is 5. The number of benzene rings is 1. The Morgan fingerprint density at radius 3 is 2.62 bits per heavy atom. The minimum absolute atomic E-state index is 0.183. The number of amides is 1. The molecule has 1 fully saturated rings. The molecule has 1 aromatic heterocycles. The lowest BCUT2D eigenvalue weighted by Crippen LogP contribution is -2.49. The van der Waals surface area contributed by atoms with Gasteiger partial charge in [-0.1, -0.05) is 6.07 Å². The molecule has 1 aliphatic heterocycles. The fourth-order valence-electron chi connectivity index (χ4n) is 2.67. The molecule has 1 saturated heterocycles. The summed E-state index contributed by atoms with van der Waals surface area (Å²) in [5, 5.41) is 9.01. The Morgan fingerprint density at radius 2 is 1.96 bits per heavy atom. The number of halogens is 1. The molecule has 1 amide bonds. The molecule has 3 rings (SSSR count). The number of piperazine rings is 1. The average Bonchev–Trinajstić information content (AvgIpc) is 2.60. The van der Waals surface area contributed by atoms with Crippen molar-refractivity contribution in [3.63, 3.8) is 0 Å². The monoisotopic (exact) mass is 325 g/mol. The number of aryl methyl sites for hydroxylation is 1. The number of hydrogen-bond donors (Lipinski definition) is 0. The van der Waals surface area contributed by atoms with Crippen LogP contribution in [0.5, 0.6) is 0 Å². The van der Waals surface area contributed by atoms with E-state index in [1.54, 1.807) is 17.0 Å². The second-order valence-corrected chi connectivity index (χ2v) is 5.60. The van der Waals surface area contributed by atoms with Gasteiger partial charge in [-0.15, -0.1) is 0 Å². The lowest BCUT2D eigenvalue weighted by Gasteiger charge is -2.34. The number of hydrogen-bond acceptors (Lipinski definition) is 5. The topological polar surface area (TPSA) is 73.1 Å². The highest BCUT2D eigenvalue weighted by molar-refractivity contribution is 5.94. The first kappa shape index (κ1) is 15.9. The van der Waals surface area contributed by atoms with Crippen LogP contribution in [0.2, 0.25) is 0 Å². The van der Waals surface area contributed by atoms with E-state index in [0.717, 1.165) is 5.69 Å². The number of aromatic nitrogens is 2. The van der Waals surface area contributed by atoms with Gasteiger partial charge in [0.05, 0.1) is 0 Å². The molecule has 24 heavy (non-hydrogen) atoms. The van der Waals surface area contributed by atoms with Gasteiger partial charge in [0.15, 0.2) is 0 Å². The fraction of sp³-hybridized carbons (Fsp3) is 0.294. The highest BCUT2D eigenvalue weighted by Crippen LogP contribution is 2.15. The molecule has 1 aromatic carbocycles. The van der Waals surface area contributed by atoms with Crippen LogP contribution < -0.4 is 4.90 Å². The molecule has 1 aliphatic rings. The van der Waals surface area contributed by atoms with E-state index >= 15 is 0 Å². The molecule has 0 atom stereocenters. The summed E-state index contributed by atoms with van der Waals surface area (Å²) in [6, 6.07) is 9.36. The molecule has 0 spiro atoms. The molecule has 0 radical (unpaired) electrons. The summed E-state index contributed by atoms with van der Waals surface area (Å²) in [5.41, 5.74) is 1.41. The number of rotatable bonds is 2. The summed E-state index contributed by atoms with van der Waals surface area (Å²) in [7, 11) is 0. The van der Waals surface area contributed by atoms with Crippen molar-refractivity contribution in [1.29, 1.82) is 5.26 Å². The predicted octanol–water partition coefficient (Wildman–Crippen LogP) is 1.76. The van der Waals surface area contributed by atoms with E-state index in [9.17, 15) is 9.18 Å². The number of nitriles is 1. The van der Waals surface area contributed by atoms with Gasteiger partial charge in [0.25, 0.3) is 5.91 Å². The fourth-order valence-corrected chi connectivity index (χ4v) is 2.67. The molecule has 0 bridgehead atoms. The van der Waals surface area contributed by atoms with E-state index in [1.807, 2.05) is 17.9 Å². The first-order valence-electron chi connectivity index (χ1n) is 7.62. The van der Waals surface area contributed by atoms with Crippen molar-refractivity contribution in [2.24, 2.45) is 0 Å². The Balaban J connectivity index is 1.69. The van der Waals surface area contributed by atoms with Gasteiger partial charge >= 0.3 is 0 Å². The highest BCUT2D eigenvalue weighted by Gasteiger charge is 2.24. The Hall–Kier alpha value is -3.01. The first-order chi connectivity index (χ1) is 11.6. The molecule has 0 unspecified atom stereocenters. The zero-order valence-corrected chi connectivity index (χ0v) is 13.2. The van der Waals surface area contributed by atoms with Crippen LogP contribution in [0.4, 0.5) is 10.3 Å². The molecule has 2 heterocycles. The summed E-state index contributed by atoms with van der Waals surface area (Å²) in [6.45, 7) is 3.93. The molecule has 2 aromatic rings. The van der Waals surface area contributed by atoms with Gasteiger partial charge in [0.2, 0.25) is 5.95 Å². The van der Waals surface area contributed by atoms with Crippen LogP contribution in [0.1, 0.15) is 21.7 Å². The molecule has 0 saturated carbocycles. The van der Waals surface area contributed by atoms with E-state index in [0.29, 0.717) is 43.4 Å².